The molecule has 0 saturated heterocycles. The molecule has 3 atom stereocenters. The Hall–Kier alpha value is -1.83. The van der Waals surface area contributed by atoms with Crippen molar-refractivity contribution in [1.29, 1.82) is 0 Å². The van der Waals surface area contributed by atoms with E-state index in [1.165, 1.54) is 11.1 Å². The van der Waals surface area contributed by atoms with E-state index in [2.05, 4.69) is 55.6 Å². The Morgan fingerprint density at radius 1 is 0.875 bits per heavy atom. The van der Waals surface area contributed by atoms with Crippen molar-refractivity contribution in [2.75, 3.05) is 5.32 Å². The van der Waals surface area contributed by atoms with Gasteiger partial charge >= 0.3 is 0 Å². The number of allylic oxidation sites excluding steroid dienone is 4. The van der Waals surface area contributed by atoms with Gasteiger partial charge in [0.1, 0.15) is 0 Å². The Kier molecular flexibility index (Phi) is 5.55. The van der Waals surface area contributed by atoms with Gasteiger partial charge in [-0.1, -0.05) is 30.4 Å². The van der Waals surface area contributed by atoms with Gasteiger partial charge in [-0.2, -0.15) is 0 Å². The summed E-state index contributed by atoms with van der Waals surface area (Å²) in [5, 5.41) is 3.15. The number of fused-ring (bicyclic) bond motifs is 1. The third-order valence-electron chi connectivity index (χ3n) is 5.58. The summed E-state index contributed by atoms with van der Waals surface area (Å²) in [5.41, 5.74) is 3.43. The van der Waals surface area contributed by atoms with Crippen LogP contribution in [0.2, 0.25) is 0 Å². The molecular weight excluding hydrogens is 294 g/mol. The summed E-state index contributed by atoms with van der Waals surface area (Å²) in [6.07, 6.45) is 16.0. The van der Waals surface area contributed by atoms with E-state index >= 15 is 0 Å². The number of carbonyl (C=O) groups is 1. The molecule has 1 saturated carbocycles. The molecule has 2 aliphatic carbocycles. The highest BCUT2D eigenvalue weighted by Crippen LogP contribution is 2.52. The summed E-state index contributed by atoms with van der Waals surface area (Å²) in [6.45, 7) is 4.19. The molecule has 1 N–H and O–H groups in total. The molecule has 1 aromatic carbocycles. The molecule has 2 aliphatic rings. The second kappa shape index (κ2) is 7.83. The van der Waals surface area contributed by atoms with Crippen molar-refractivity contribution in [1.82, 2.24) is 0 Å². The van der Waals surface area contributed by atoms with E-state index in [-0.39, 0.29) is 11.8 Å². The zero-order chi connectivity index (χ0) is 16.9. The second-order valence-corrected chi connectivity index (χ2v) is 7.32. The Morgan fingerprint density at radius 3 is 2.04 bits per heavy atom. The normalized spacial score (nSPS) is 26.8. The van der Waals surface area contributed by atoms with E-state index in [1.54, 1.807) is 0 Å². The summed E-state index contributed by atoms with van der Waals surface area (Å²) >= 11 is 0. The first-order chi connectivity index (χ1) is 11.7. The largest absolute Gasteiger partial charge is 0.326 e. The smallest absolute Gasteiger partial charge is 0.228 e. The number of benzene rings is 1. The number of aryl methyl sites for hydroxylation is 2. The molecule has 0 spiro atoms. The fraction of sp³-hybridized carbons (Fsp3) is 0.500. The molecule has 0 radical (unpaired) electrons. The molecule has 2 heteroatoms. The fourth-order valence-electron chi connectivity index (χ4n) is 3.91. The minimum Gasteiger partial charge on any atom is -0.326 e. The lowest BCUT2D eigenvalue weighted by Crippen LogP contribution is -2.15. The molecule has 3 rings (SSSR count). The maximum Gasteiger partial charge on any atom is 0.228 e. The average Bonchev–Trinajstić information content (AvgIpc) is 3.23. The lowest BCUT2D eigenvalue weighted by atomic mass is 10.1. The summed E-state index contributed by atoms with van der Waals surface area (Å²) in [6, 6.07) is 6.17. The molecule has 0 aliphatic heterocycles. The van der Waals surface area contributed by atoms with Crippen LogP contribution in [-0.2, 0) is 4.79 Å². The van der Waals surface area contributed by atoms with Crippen molar-refractivity contribution in [2.45, 2.75) is 52.4 Å². The quantitative estimate of drug-likeness (QED) is 0.708. The van der Waals surface area contributed by atoms with E-state index in [1.807, 2.05) is 6.07 Å². The Labute approximate surface area is 146 Å². The van der Waals surface area contributed by atoms with E-state index in [0.717, 1.165) is 44.2 Å². The number of nitrogens with one attached hydrogen (secondary N) is 1. The van der Waals surface area contributed by atoms with Crippen LogP contribution in [0.25, 0.3) is 0 Å². The molecule has 1 aromatic rings. The highest BCUT2D eigenvalue weighted by Gasteiger charge is 2.52. The van der Waals surface area contributed by atoms with E-state index in [0.29, 0.717) is 11.8 Å². The van der Waals surface area contributed by atoms with Gasteiger partial charge in [-0.3, -0.25) is 4.79 Å². The predicted molar refractivity (Wildman–Crippen MR) is 101 cm³/mol. The summed E-state index contributed by atoms with van der Waals surface area (Å²) in [4.78, 5) is 12.7. The molecule has 1 fully saturated rings. The first kappa shape index (κ1) is 17.0. The number of anilines is 1. The molecule has 0 aromatic heterocycles. The zero-order valence-electron chi connectivity index (χ0n) is 14.9. The van der Waals surface area contributed by atoms with Crippen LogP contribution in [-0.4, -0.2) is 5.91 Å². The summed E-state index contributed by atoms with van der Waals surface area (Å²) in [5.74, 6) is 1.55. The topological polar surface area (TPSA) is 29.1 Å². The van der Waals surface area contributed by atoms with E-state index in [4.69, 9.17) is 0 Å². The van der Waals surface area contributed by atoms with Gasteiger partial charge < -0.3 is 5.32 Å². The van der Waals surface area contributed by atoms with Crippen LogP contribution < -0.4 is 5.32 Å². The lowest BCUT2D eigenvalue weighted by molar-refractivity contribution is -0.117. The van der Waals surface area contributed by atoms with Gasteiger partial charge in [0.15, 0.2) is 0 Å². The molecule has 128 valence electrons. The second-order valence-electron chi connectivity index (χ2n) is 7.32. The molecule has 1 unspecified atom stereocenters. The average molecular weight is 323 g/mol. The van der Waals surface area contributed by atoms with Crippen molar-refractivity contribution in [3.8, 4) is 0 Å². The molecule has 24 heavy (non-hydrogen) atoms. The third-order valence-corrected chi connectivity index (χ3v) is 5.58. The molecule has 1 amide bonds. The van der Waals surface area contributed by atoms with Crippen molar-refractivity contribution >= 4 is 11.6 Å². The van der Waals surface area contributed by atoms with Crippen molar-refractivity contribution < 1.29 is 4.79 Å². The Balaban J connectivity index is 1.62. The number of hydrogen-bond donors (Lipinski definition) is 1. The van der Waals surface area contributed by atoms with Gasteiger partial charge in [0, 0.05) is 11.6 Å². The molecular formula is C22H29NO. The van der Waals surface area contributed by atoms with E-state index < -0.39 is 0 Å². The van der Waals surface area contributed by atoms with Crippen LogP contribution in [0.15, 0.2) is 42.5 Å². The van der Waals surface area contributed by atoms with Crippen molar-refractivity contribution in [3.63, 3.8) is 0 Å². The SMILES string of the molecule is Cc1ccc(NC(=O)C2[C@H]3CCC=CCCC=CCC[C@@H]23)cc1C. The highest BCUT2D eigenvalue weighted by molar-refractivity contribution is 5.95. The zero-order valence-corrected chi connectivity index (χ0v) is 14.9. The molecule has 0 bridgehead atoms. The Morgan fingerprint density at radius 2 is 1.46 bits per heavy atom. The van der Waals surface area contributed by atoms with Gasteiger partial charge in [-0.15, -0.1) is 0 Å². The van der Waals surface area contributed by atoms with Crippen LogP contribution in [0.5, 0.6) is 0 Å². The number of carbonyl (C=O) groups excluding carboxylic acids is 1. The van der Waals surface area contributed by atoms with Gasteiger partial charge in [0.05, 0.1) is 0 Å². The fourth-order valence-corrected chi connectivity index (χ4v) is 3.91. The predicted octanol–water partition coefficient (Wildman–Crippen LogP) is 5.57. The third kappa shape index (κ3) is 4.17. The van der Waals surface area contributed by atoms with Crippen molar-refractivity contribution in [2.24, 2.45) is 17.8 Å². The maximum atomic E-state index is 12.7. The number of rotatable bonds is 2. The monoisotopic (exact) mass is 323 g/mol. The van der Waals surface area contributed by atoms with Crippen molar-refractivity contribution in [3.05, 3.63) is 53.6 Å². The first-order valence-corrected chi connectivity index (χ1v) is 9.35. The van der Waals surface area contributed by atoms with Crippen LogP contribution in [0, 0.1) is 31.6 Å². The molecule has 2 nitrogen and oxygen atoms in total. The molecule has 0 heterocycles. The van der Waals surface area contributed by atoms with Crippen LogP contribution in [0.3, 0.4) is 0 Å². The highest BCUT2D eigenvalue weighted by atomic mass is 16.2. The lowest BCUT2D eigenvalue weighted by Gasteiger charge is -2.07. The van der Waals surface area contributed by atoms with Gasteiger partial charge in [-0.25, -0.2) is 0 Å². The van der Waals surface area contributed by atoms with Gasteiger partial charge in [-0.05, 0) is 87.5 Å². The Bertz CT molecular complexity index is 619. The first-order valence-electron chi connectivity index (χ1n) is 9.35. The minimum atomic E-state index is 0.203. The standard InChI is InChI=1S/C22H29NO/c1-16-13-14-18(15-17(16)2)23-22(24)21-19-11-9-7-5-3-4-6-8-10-12-20(19)21/h5-8,13-15,19-21H,3-4,9-12H2,1-2H3,(H,23,24)/t19-,20+,21?. The summed E-state index contributed by atoms with van der Waals surface area (Å²) < 4.78 is 0. The van der Waals surface area contributed by atoms with Gasteiger partial charge in [0.25, 0.3) is 0 Å². The number of amides is 1. The maximum absolute atomic E-state index is 12.7. The van der Waals surface area contributed by atoms with Gasteiger partial charge in [0.2, 0.25) is 5.91 Å². The summed E-state index contributed by atoms with van der Waals surface area (Å²) in [7, 11) is 0. The van der Waals surface area contributed by atoms with Crippen LogP contribution >= 0.6 is 0 Å². The minimum absolute atomic E-state index is 0.203. The van der Waals surface area contributed by atoms with E-state index in [9.17, 15) is 4.79 Å². The van der Waals surface area contributed by atoms with Crippen LogP contribution in [0.1, 0.15) is 49.7 Å². The number of hydrogen-bond acceptors (Lipinski definition) is 1. The van der Waals surface area contributed by atoms with Crippen LogP contribution in [0.4, 0.5) is 5.69 Å².